The van der Waals surface area contributed by atoms with Crippen LogP contribution in [0, 0.1) is 11.8 Å². The Kier molecular flexibility index (Phi) is 11.8. The van der Waals surface area contributed by atoms with Gasteiger partial charge >= 0.3 is 6.09 Å². The molecule has 6 atom stereocenters. The summed E-state index contributed by atoms with van der Waals surface area (Å²) in [5.74, 6) is -2.38. The van der Waals surface area contributed by atoms with Gasteiger partial charge in [-0.3, -0.25) is 14.4 Å². The highest BCUT2D eigenvalue weighted by Crippen LogP contribution is 2.29. The van der Waals surface area contributed by atoms with Crippen molar-refractivity contribution >= 4 is 23.6 Å². The number of methoxy groups -OCH3 is 3. The minimum Gasteiger partial charge on any atom is -0.492 e. The maximum atomic E-state index is 13.3. The Labute approximate surface area is 228 Å². The predicted octanol–water partition coefficient (Wildman–Crippen LogP) is 2.02. The second-order valence-corrected chi connectivity index (χ2v) is 9.61. The zero-order valence-electron chi connectivity index (χ0n) is 23.1. The number of aliphatic hydroxyl groups excluding tert-OH is 1. The number of allylic oxidation sites excluding steroid dienone is 4. The standard InChI is InChI=1S/C28H38N2O9/c1-15-12-18-25(33)19(14-20(31)26(18)38-6)30-27(34)17(3)8-7-9-21(36-4)22(39-28(29)35)11-10-16(2)24(32)23(13-15)37-5/h7-11,14-16,21-24,32H,12-13H2,1-6H3,(H2,29,35)(H,30,34)/b9-7?,11-10-,17-8+/t15-,16+,21+,22+,23+,24-/m1/s1. The monoisotopic (exact) mass is 546 g/mol. The molecule has 4 N–H and O–H groups in total. The van der Waals surface area contributed by atoms with Gasteiger partial charge in [-0.2, -0.15) is 0 Å². The first-order valence-electron chi connectivity index (χ1n) is 12.6. The molecule has 0 aromatic rings. The molecular formula is C28H38N2O9. The molecule has 0 unspecified atom stereocenters. The summed E-state index contributed by atoms with van der Waals surface area (Å²) < 4.78 is 21.5. The molecule has 2 amide bonds. The molecule has 1 aliphatic heterocycles. The fourth-order valence-corrected chi connectivity index (χ4v) is 4.40. The molecule has 0 spiro atoms. The van der Waals surface area contributed by atoms with Crippen LogP contribution in [0.3, 0.4) is 0 Å². The maximum absolute atomic E-state index is 13.3. The molecular weight excluding hydrogens is 508 g/mol. The van der Waals surface area contributed by atoms with Crippen molar-refractivity contribution in [3.8, 4) is 0 Å². The highest BCUT2D eigenvalue weighted by atomic mass is 16.6. The van der Waals surface area contributed by atoms with Gasteiger partial charge in [0.1, 0.15) is 6.10 Å². The van der Waals surface area contributed by atoms with Crippen LogP contribution in [0.5, 0.6) is 0 Å². The number of ketones is 2. The highest BCUT2D eigenvalue weighted by Gasteiger charge is 2.33. The molecule has 214 valence electrons. The number of nitrogens with two attached hydrogens (primary N) is 1. The van der Waals surface area contributed by atoms with Gasteiger partial charge in [0.15, 0.2) is 11.9 Å². The van der Waals surface area contributed by atoms with Gasteiger partial charge in [-0.1, -0.05) is 38.2 Å². The Bertz CT molecular complexity index is 1100. The molecule has 0 saturated carbocycles. The minimum atomic E-state index is -1.01. The second kappa shape index (κ2) is 14.6. The van der Waals surface area contributed by atoms with Crippen LogP contribution in [0.1, 0.15) is 33.6 Å². The Balaban J connectivity index is 2.55. The summed E-state index contributed by atoms with van der Waals surface area (Å²) in [5, 5.41) is 13.5. The number of Topliss-reactive ketones (excluding diaryl/α,β-unsaturated/α-hetero) is 1. The first kappa shape index (κ1) is 31.7. The first-order chi connectivity index (χ1) is 18.4. The molecule has 0 fully saturated rings. The predicted molar refractivity (Wildman–Crippen MR) is 142 cm³/mol. The molecule has 2 rings (SSSR count). The third kappa shape index (κ3) is 8.47. The number of carbonyl (C=O) groups is 4. The minimum absolute atomic E-state index is 0.0807. The van der Waals surface area contributed by atoms with Crippen molar-refractivity contribution in [2.45, 2.75) is 58.0 Å². The summed E-state index contributed by atoms with van der Waals surface area (Å²) in [6.45, 7) is 5.16. The number of amides is 2. The second-order valence-electron chi connectivity index (χ2n) is 9.61. The van der Waals surface area contributed by atoms with E-state index in [2.05, 4.69) is 5.32 Å². The fraction of sp³-hybridized carbons (Fsp3) is 0.500. The van der Waals surface area contributed by atoms with Gasteiger partial charge in [-0.15, -0.1) is 0 Å². The third-order valence-corrected chi connectivity index (χ3v) is 6.61. The van der Waals surface area contributed by atoms with Crippen molar-refractivity contribution in [1.29, 1.82) is 0 Å². The number of ether oxygens (including phenoxy) is 4. The first-order valence-corrected chi connectivity index (χ1v) is 12.6. The Morgan fingerprint density at radius 3 is 2.33 bits per heavy atom. The fourth-order valence-electron chi connectivity index (χ4n) is 4.40. The lowest BCUT2D eigenvalue weighted by molar-refractivity contribution is -0.120. The Hall–Kier alpha value is -3.54. The van der Waals surface area contributed by atoms with Crippen LogP contribution in [0.15, 0.2) is 59.1 Å². The number of carbonyl (C=O) groups excluding carboxylic acids is 4. The molecule has 2 aliphatic rings. The van der Waals surface area contributed by atoms with E-state index >= 15 is 0 Å². The molecule has 1 heterocycles. The third-order valence-electron chi connectivity index (χ3n) is 6.61. The Morgan fingerprint density at radius 1 is 1.05 bits per heavy atom. The van der Waals surface area contributed by atoms with Crippen LogP contribution in [0.4, 0.5) is 4.79 Å². The summed E-state index contributed by atoms with van der Waals surface area (Å²) in [7, 11) is 4.19. The summed E-state index contributed by atoms with van der Waals surface area (Å²) in [6, 6.07) is 0. The van der Waals surface area contributed by atoms with Gasteiger partial charge in [0, 0.05) is 37.4 Å². The Morgan fingerprint density at radius 2 is 1.74 bits per heavy atom. The van der Waals surface area contributed by atoms with Crippen LogP contribution in [-0.2, 0) is 33.3 Å². The largest absolute Gasteiger partial charge is 0.492 e. The normalized spacial score (nSPS) is 31.6. The van der Waals surface area contributed by atoms with Crippen molar-refractivity contribution in [3.05, 3.63) is 59.1 Å². The van der Waals surface area contributed by atoms with Crippen molar-refractivity contribution in [2.75, 3.05) is 21.3 Å². The number of nitrogens with one attached hydrogen (secondary N) is 1. The molecule has 11 nitrogen and oxygen atoms in total. The molecule has 11 heteroatoms. The topological polar surface area (TPSA) is 163 Å². The zero-order chi connectivity index (χ0) is 29.3. The van der Waals surface area contributed by atoms with E-state index in [1.807, 2.05) is 6.92 Å². The SMILES string of the molecule is COC1=C2C[C@@H](C)C[C@H](OC)[C@H](O)[C@@H](C)/C=C\[C@H](OC(N)=O)[C@@H](OC)C=C/C=C(\C)C(=O)NC(=CC1=O)C2=O. The number of fused-ring (bicyclic) bond motifs is 2. The van der Waals surface area contributed by atoms with Gasteiger partial charge < -0.3 is 35.1 Å². The van der Waals surface area contributed by atoms with Crippen LogP contribution >= 0.6 is 0 Å². The molecule has 2 bridgehead atoms. The lowest BCUT2D eigenvalue weighted by Crippen LogP contribution is -2.36. The lowest BCUT2D eigenvalue weighted by Gasteiger charge is -2.28. The summed E-state index contributed by atoms with van der Waals surface area (Å²) in [5.41, 5.74) is 5.47. The molecule has 39 heavy (non-hydrogen) atoms. The summed E-state index contributed by atoms with van der Waals surface area (Å²) in [6.07, 6.45) is 5.06. The number of hydrogen-bond donors (Lipinski definition) is 3. The van der Waals surface area contributed by atoms with E-state index in [1.54, 1.807) is 25.2 Å². The van der Waals surface area contributed by atoms with E-state index in [-0.39, 0.29) is 34.9 Å². The van der Waals surface area contributed by atoms with Crippen molar-refractivity contribution < 1.29 is 43.2 Å². The van der Waals surface area contributed by atoms with E-state index in [0.717, 1.165) is 6.08 Å². The van der Waals surface area contributed by atoms with Gasteiger partial charge in [-0.25, -0.2) is 4.79 Å². The number of primary amides is 1. The molecule has 1 aliphatic carbocycles. The maximum Gasteiger partial charge on any atom is 0.405 e. The van der Waals surface area contributed by atoms with Gasteiger partial charge in [0.05, 0.1) is 25.0 Å². The van der Waals surface area contributed by atoms with E-state index in [0.29, 0.717) is 6.42 Å². The molecule has 0 saturated heterocycles. The summed E-state index contributed by atoms with van der Waals surface area (Å²) in [4.78, 5) is 50.3. The zero-order valence-corrected chi connectivity index (χ0v) is 23.1. The van der Waals surface area contributed by atoms with E-state index in [9.17, 15) is 24.3 Å². The van der Waals surface area contributed by atoms with Gasteiger partial charge in [-0.05, 0) is 31.8 Å². The molecule has 0 aromatic heterocycles. The van der Waals surface area contributed by atoms with Crippen LogP contribution in [0.25, 0.3) is 0 Å². The van der Waals surface area contributed by atoms with E-state index in [1.165, 1.54) is 40.4 Å². The average Bonchev–Trinajstić information content (AvgIpc) is 2.89. The van der Waals surface area contributed by atoms with Crippen molar-refractivity contribution in [3.63, 3.8) is 0 Å². The number of aliphatic hydroxyl groups is 1. The quantitative estimate of drug-likeness (QED) is 0.353. The average molecular weight is 547 g/mol. The van der Waals surface area contributed by atoms with Crippen molar-refractivity contribution in [1.82, 2.24) is 5.32 Å². The van der Waals surface area contributed by atoms with E-state index in [4.69, 9.17) is 24.7 Å². The van der Waals surface area contributed by atoms with E-state index < -0.39 is 53.9 Å². The molecule has 0 radical (unpaired) electrons. The molecule has 0 aromatic carbocycles. The number of hydrogen-bond acceptors (Lipinski definition) is 9. The van der Waals surface area contributed by atoms with Crippen LogP contribution in [-0.4, -0.2) is 74.4 Å². The smallest absolute Gasteiger partial charge is 0.405 e. The van der Waals surface area contributed by atoms with Crippen LogP contribution < -0.4 is 11.1 Å². The van der Waals surface area contributed by atoms with Gasteiger partial charge in [0.2, 0.25) is 11.6 Å². The van der Waals surface area contributed by atoms with Crippen molar-refractivity contribution in [2.24, 2.45) is 17.6 Å². The lowest BCUT2D eigenvalue weighted by atomic mass is 9.86. The van der Waals surface area contributed by atoms with Crippen LogP contribution in [0.2, 0.25) is 0 Å². The van der Waals surface area contributed by atoms with Gasteiger partial charge in [0.25, 0.3) is 5.91 Å². The number of rotatable bonds is 4. The highest BCUT2D eigenvalue weighted by molar-refractivity contribution is 6.23. The summed E-state index contributed by atoms with van der Waals surface area (Å²) >= 11 is 0.